The molecule has 3 atom stereocenters. The Hall–Kier alpha value is -2.28. The van der Waals surface area contributed by atoms with Crippen LogP contribution in [0.25, 0.3) is 0 Å². The minimum atomic E-state index is -0.511. The van der Waals surface area contributed by atoms with Gasteiger partial charge in [-0.2, -0.15) is 5.26 Å². The molecule has 30 heavy (non-hydrogen) atoms. The van der Waals surface area contributed by atoms with Crippen molar-refractivity contribution in [3.63, 3.8) is 0 Å². The summed E-state index contributed by atoms with van der Waals surface area (Å²) >= 11 is 12.5. The highest BCUT2D eigenvalue weighted by atomic mass is 35.5. The maximum absolute atomic E-state index is 12.9. The average Bonchev–Trinajstić information content (AvgIpc) is 3.20. The number of halogens is 2. The van der Waals surface area contributed by atoms with Gasteiger partial charge in [0.05, 0.1) is 17.9 Å². The number of anilines is 1. The van der Waals surface area contributed by atoms with Crippen LogP contribution in [0.3, 0.4) is 0 Å². The molecule has 0 radical (unpaired) electrons. The van der Waals surface area contributed by atoms with E-state index in [1.165, 1.54) is 5.57 Å². The van der Waals surface area contributed by atoms with E-state index in [0.717, 1.165) is 11.1 Å². The van der Waals surface area contributed by atoms with E-state index in [-0.39, 0.29) is 23.2 Å². The van der Waals surface area contributed by atoms with Gasteiger partial charge in [0, 0.05) is 15.7 Å². The molecule has 1 amide bonds. The first-order chi connectivity index (χ1) is 14.1. The number of benzene rings is 2. The largest absolute Gasteiger partial charge is 0.326 e. The van der Waals surface area contributed by atoms with Crippen LogP contribution in [0.4, 0.5) is 5.69 Å². The fourth-order valence-electron chi connectivity index (χ4n) is 4.10. The smallest absolute Gasteiger partial charge is 0.228 e. The van der Waals surface area contributed by atoms with Gasteiger partial charge in [0.1, 0.15) is 0 Å². The molecule has 0 unspecified atom stereocenters. The van der Waals surface area contributed by atoms with Gasteiger partial charge in [-0.1, -0.05) is 66.9 Å². The normalized spacial score (nSPS) is 20.1. The maximum atomic E-state index is 12.9. The van der Waals surface area contributed by atoms with Crippen molar-refractivity contribution in [1.29, 1.82) is 5.26 Å². The van der Waals surface area contributed by atoms with E-state index >= 15 is 0 Å². The Bertz CT molecular complexity index is 1040. The van der Waals surface area contributed by atoms with Gasteiger partial charge < -0.3 is 5.32 Å². The molecule has 3 rings (SSSR count). The molecule has 0 aliphatic heterocycles. The average molecular weight is 441 g/mol. The topological polar surface area (TPSA) is 52.9 Å². The molecule has 1 saturated carbocycles. The molecule has 0 aromatic heterocycles. The molecule has 1 N–H and O–H groups in total. The molecular formula is C25H26Cl2N2O. The number of carbonyl (C=O) groups excluding carboxylic acids is 1. The van der Waals surface area contributed by atoms with Crippen LogP contribution in [0, 0.1) is 35.5 Å². The summed E-state index contributed by atoms with van der Waals surface area (Å²) in [6.45, 7) is 10.3. The third kappa shape index (κ3) is 4.41. The first-order valence-corrected chi connectivity index (χ1v) is 10.7. The molecule has 2 aromatic rings. The zero-order valence-corrected chi connectivity index (χ0v) is 19.4. The van der Waals surface area contributed by atoms with Crippen molar-refractivity contribution in [3.8, 4) is 6.07 Å². The van der Waals surface area contributed by atoms with Crippen molar-refractivity contribution < 1.29 is 4.79 Å². The van der Waals surface area contributed by atoms with Crippen molar-refractivity contribution in [2.24, 2.45) is 17.3 Å². The quantitative estimate of drug-likeness (QED) is 0.502. The number of nitriles is 1. The summed E-state index contributed by atoms with van der Waals surface area (Å²) in [5, 5.41) is 13.9. The second-order valence-electron chi connectivity index (χ2n) is 8.86. The summed E-state index contributed by atoms with van der Waals surface area (Å²) in [5.74, 6) is -0.330. The first-order valence-electron chi connectivity index (χ1n) is 9.97. The van der Waals surface area contributed by atoms with Gasteiger partial charge in [0.25, 0.3) is 0 Å². The molecule has 5 heteroatoms. The lowest BCUT2D eigenvalue weighted by atomic mass is 9.91. The lowest BCUT2D eigenvalue weighted by molar-refractivity contribution is -0.118. The summed E-state index contributed by atoms with van der Waals surface area (Å²) in [4.78, 5) is 12.9. The summed E-state index contributed by atoms with van der Waals surface area (Å²) in [6, 6.07) is 13.1. The van der Waals surface area contributed by atoms with E-state index in [9.17, 15) is 10.1 Å². The Kier molecular flexibility index (Phi) is 6.32. The Morgan fingerprint density at radius 2 is 1.83 bits per heavy atom. The van der Waals surface area contributed by atoms with Gasteiger partial charge in [0.2, 0.25) is 5.91 Å². The van der Waals surface area contributed by atoms with E-state index in [1.807, 2.05) is 25.1 Å². The van der Waals surface area contributed by atoms with Gasteiger partial charge in [-0.05, 0) is 67.0 Å². The molecule has 0 spiro atoms. The van der Waals surface area contributed by atoms with Crippen molar-refractivity contribution in [2.45, 2.75) is 40.5 Å². The van der Waals surface area contributed by atoms with Crippen LogP contribution in [0.2, 0.25) is 10.0 Å². The van der Waals surface area contributed by atoms with E-state index in [1.54, 1.807) is 18.2 Å². The number of allylic oxidation sites excluding steroid dienone is 2. The highest BCUT2D eigenvalue weighted by Crippen LogP contribution is 2.59. The maximum Gasteiger partial charge on any atom is 0.228 e. The second-order valence-corrected chi connectivity index (χ2v) is 9.70. The second kappa shape index (κ2) is 8.46. The third-order valence-corrected chi connectivity index (χ3v) is 6.53. The number of rotatable bonds is 5. The highest BCUT2D eigenvalue weighted by Gasteiger charge is 2.60. The van der Waals surface area contributed by atoms with Crippen molar-refractivity contribution in [1.82, 2.24) is 0 Å². The molecule has 0 saturated heterocycles. The molecule has 0 heterocycles. The van der Waals surface area contributed by atoms with Gasteiger partial charge in [-0.15, -0.1) is 0 Å². The lowest BCUT2D eigenvalue weighted by Gasteiger charge is -2.16. The van der Waals surface area contributed by atoms with E-state index in [0.29, 0.717) is 21.3 Å². The van der Waals surface area contributed by atoms with Gasteiger partial charge in [-0.25, -0.2) is 0 Å². The molecule has 2 aromatic carbocycles. The Morgan fingerprint density at radius 3 is 2.40 bits per heavy atom. The molecular weight excluding hydrogens is 415 g/mol. The first kappa shape index (κ1) is 22.4. The van der Waals surface area contributed by atoms with Crippen molar-refractivity contribution in [3.05, 3.63) is 74.8 Å². The predicted molar refractivity (Wildman–Crippen MR) is 124 cm³/mol. The molecule has 1 aliphatic rings. The highest BCUT2D eigenvalue weighted by molar-refractivity contribution is 6.32. The Balaban J connectivity index is 1.85. The fourth-order valence-corrected chi connectivity index (χ4v) is 4.50. The third-order valence-electron chi connectivity index (χ3n) is 5.95. The number of hydrogen-bond acceptors (Lipinski definition) is 2. The summed E-state index contributed by atoms with van der Waals surface area (Å²) in [7, 11) is 0. The number of carbonyl (C=O) groups is 1. The zero-order valence-electron chi connectivity index (χ0n) is 17.9. The van der Waals surface area contributed by atoms with Crippen LogP contribution < -0.4 is 5.32 Å². The fraction of sp³-hybridized carbons (Fsp3) is 0.360. The lowest BCUT2D eigenvalue weighted by Crippen LogP contribution is -2.17. The van der Waals surface area contributed by atoms with E-state index in [4.69, 9.17) is 23.2 Å². The van der Waals surface area contributed by atoms with Crippen LogP contribution in [-0.4, -0.2) is 5.91 Å². The predicted octanol–water partition coefficient (Wildman–Crippen LogP) is 7.13. The molecule has 0 bridgehead atoms. The summed E-state index contributed by atoms with van der Waals surface area (Å²) < 4.78 is 0. The number of nitrogens with one attached hydrogen (secondary N) is 1. The van der Waals surface area contributed by atoms with E-state index in [2.05, 4.69) is 45.2 Å². The van der Waals surface area contributed by atoms with Gasteiger partial charge in [0.15, 0.2) is 0 Å². The molecule has 3 nitrogen and oxygen atoms in total. The minimum Gasteiger partial charge on any atom is -0.326 e. The van der Waals surface area contributed by atoms with Gasteiger partial charge in [-0.3, -0.25) is 4.79 Å². The van der Waals surface area contributed by atoms with Crippen LogP contribution in [0.15, 0.2) is 48.0 Å². The molecule has 156 valence electrons. The minimum absolute atomic E-state index is 0.00366. The summed E-state index contributed by atoms with van der Waals surface area (Å²) in [6.07, 6.45) is 2.18. The molecule has 1 aliphatic carbocycles. The zero-order chi connectivity index (χ0) is 22.2. The van der Waals surface area contributed by atoms with Gasteiger partial charge >= 0.3 is 0 Å². The van der Waals surface area contributed by atoms with Crippen LogP contribution in [-0.2, 0) is 4.79 Å². The Morgan fingerprint density at radius 1 is 1.20 bits per heavy atom. The number of hydrogen-bond donors (Lipinski definition) is 1. The molecule has 1 fully saturated rings. The number of nitrogens with zero attached hydrogens (tertiary/aromatic N) is 1. The van der Waals surface area contributed by atoms with Crippen molar-refractivity contribution in [2.75, 3.05) is 5.32 Å². The SMILES string of the molecule is CC(C)=C[C@@H]1[C@@H](C(=O)Nc2cc(Cl)c([C@H](C#N)c3ccc(Cl)cc3)cc2C)C1(C)C. The monoisotopic (exact) mass is 440 g/mol. The van der Waals surface area contributed by atoms with Crippen LogP contribution in [0.5, 0.6) is 0 Å². The van der Waals surface area contributed by atoms with Crippen LogP contribution in [0.1, 0.15) is 50.3 Å². The van der Waals surface area contributed by atoms with E-state index < -0.39 is 5.92 Å². The van der Waals surface area contributed by atoms with Crippen molar-refractivity contribution >= 4 is 34.8 Å². The Labute approximate surface area is 188 Å². The summed E-state index contributed by atoms with van der Waals surface area (Å²) in [5.41, 5.74) is 4.25. The number of aryl methyl sites for hydroxylation is 1. The van der Waals surface area contributed by atoms with Crippen LogP contribution >= 0.6 is 23.2 Å². The standard InChI is InChI=1S/C25H26Cl2N2O/c1-14(2)10-20-23(25(20,4)5)24(30)29-22-12-21(27)18(11-15(22)3)19(13-28)16-6-8-17(26)9-7-16/h6-12,19-20,23H,1-5H3,(H,29,30)/t19-,20-,23+/m1/s1. The number of amides is 1.